The molecule has 9 heteroatoms. The highest BCUT2D eigenvalue weighted by Crippen LogP contribution is 2.42. The quantitative estimate of drug-likeness (QED) is 0.711. The van der Waals surface area contributed by atoms with Crippen LogP contribution in [0.15, 0.2) is 6.33 Å². The number of hydrogen-bond acceptors (Lipinski definition) is 8. The molecule has 108 valence electrons. The van der Waals surface area contributed by atoms with Crippen molar-refractivity contribution in [3.05, 3.63) is 6.33 Å². The maximum atomic E-state index is 9.89. The molecule has 8 nitrogen and oxygen atoms in total. The summed E-state index contributed by atoms with van der Waals surface area (Å²) in [6.45, 7) is -0.0601. The minimum absolute atomic E-state index is 0.0499. The first-order valence-corrected chi connectivity index (χ1v) is 7.06. The number of imidazole rings is 1. The third kappa shape index (κ3) is 2.07. The summed E-state index contributed by atoms with van der Waals surface area (Å²) in [5.41, 5.74) is 6.77. The van der Waals surface area contributed by atoms with Gasteiger partial charge in [-0.25, -0.2) is 4.98 Å². The summed E-state index contributed by atoms with van der Waals surface area (Å²) in [6, 6.07) is 0. The van der Waals surface area contributed by atoms with Gasteiger partial charge in [0.25, 0.3) is 0 Å². The van der Waals surface area contributed by atoms with E-state index in [1.165, 1.54) is 18.9 Å². The molecule has 0 unspecified atom stereocenters. The Labute approximate surface area is 119 Å². The largest absolute Gasteiger partial charge is 0.479 e. The molecule has 3 heterocycles. The molecular weight excluding hydrogens is 282 g/mol. The molecule has 0 radical (unpaired) electrons. The first kappa shape index (κ1) is 13.4. The molecule has 20 heavy (non-hydrogen) atoms. The SMILES string of the molecule is COc1nc(N)nc2c1ncn2[C@@H]1C[C@H](O)[C@@H](CO)S1. The molecule has 4 N–H and O–H groups in total. The van der Waals surface area contributed by atoms with E-state index in [-0.39, 0.29) is 23.2 Å². The third-order valence-corrected chi connectivity index (χ3v) is 4.84. The number of nitrogens with zero attached hydrogens (tertiary/aromatic N) is 4. The van der Waals surface area contributed by atoms with Gasteiger partial charge in [0.2, 0.25) is 11.8 Å². The molecule has 3 atom stereocenters. The van der Waals surface area contributed by atoms with Crippen LogP contribution in [-0.4, -0.2) is 54.8 Å². The van der Waals surface area contributed by atoms with Crippen molar-refractivity contribution in [1.82, 2.24) is 19.5 Å². The van der Waals surface area contributed by atoms with Crippen molar-refractivity contribution >= 4 is 28.9 Å². The summed E-state index contributed by atoms with van der Waals surface area (Å²) in [5, 5.41) is 18.9. The first-order chi connectivity index (χ1) is 9.63. The van der Waals surface area contributed by atoms with E-state index in [0.29, 0.717) is 23.5 Å². The van der Waals surface area contributed by atoms with Gasteiger partial charge in [0.15, 0.2) is 11.2 Å². The van der Waals surface area contributed by atoms with Crippen LogP contribution < -0.4 is 10.5 Å². The van der Waals surface area contributed by atoms with Crippen molar-refractivity contribution in [2.45, 2.75) is 23.1 Å². The lowest BCUT2D eigenvalue weighted by molar-refractivity contribution is 0.138. The molecule has 1 fully saturated rings. The van der Waals surface area contributed by atoms with Gasteiger partial charge in [0, 0.05) is 6.42 Å². The number of rotatable bonds is 3. The maximum absolute atomic E-state index is 9.89. The van der Waals surface area contributed by atoms with Crippen LogP contribution in [0.2, 0.25) is 0 Å². The Kier molecular flexibility index (Phi) is 3.40. The fourth-order valence-corrected chi connectivity index (χ4v) is 3.69. The van der Waals surface area contributed by atoms with Gasteiger partial charge in [0.05, 0.1) is 36.8 Å². The zero-order valence-electron chi connectivity index (χ0n) is 10.8. The third-order valence-electron chi connectivity index (χ3n) is 3.29. The van der Waals surface area contributed by atoms with Crippen LogP contribution in [0.5, 0.6) is 5.88 Å². The molecule has 2 aromatic heterocycles. The summed E-state index contributed by atoms with van der Waals surface area (Å²) >= 11 is 1.49. The van der Waals surface area contributed by atoms with Gasteiger partial charge < -0.3 is 25.3 Å². The monoisotopic (exact) mass is 297 g/mol. The van der Waals surface area contributed by atoms with Crippen molar-refractivity contribution in [1.29, 1.82) is 0 Å². The van der Waals surface area contributed by atoms with Crippen LogP contribution in [0.1, 0.15) is 11.8 Å². The van der Waals surface area contributed by atoms with Crippen LogP contribution >= 0.6 is 11.8 Å². The van der Waals surface area contributed by atoms with Crippen LogP contribution in [0.4, 0.5) is 5.95 Å². The van der Waals surface area contributed by atoms with Gasteiger partial charge >= 0.3 is 0 Å². The number of methoxy groups -OCH3 is 1. The number of thioether (sulfide) groups is 1. The molecule has 0 amide bonds. The molecule has 1 aliphatic heterocycles. The van der Waals surface area contributed by atoms with Crippen LogP contribution in [0.25, 0.3) is 11.2 Å². The predicted molar refractivity (Wildman–Crippen MR) is 74.4 cm³/mol. The number of aliphatic hydroxyl groups excluding tert-OH is 2. The number of aliphatic hydroxyl groups is 2. The Hall–Kier alpha value is -1.58. The molecule has 3 rings (SSSR count). The van der Waals surface area contributed by atoms with E-state index in [4.69, 9.17) is 10.5 Å². The molecule has 1 saturated heterocycles. The lowest BCUT2D eigenvalue weighted by Crippen LogP contribution is -2.20. The van der Waals surface area contributed by atoms with E-state index < -0.39 is 6.10 Å². The van der Waals surface area contributed by atoms with E-state index in [2.05, 4.69) is 15.0 Å². The van der Waals surface area contributed by atoms with Crippen molar-refractivity contribution in [2.24, 2.45) is 0 Å². The molecular formula is C11H15N5O3S. The Morgan fingerprint density at radius 3 is 3.00 bits per heavy atom. The average molecular weight is 297 g/mol. The zero-order valence-corrected chi connectivity index (χ0v) is 11.6. The summed E-state index contributed by atoms with van der Waals surface area (Å²) in [7, 11) is 1.50. The fraction of sp³-hybridized carbons (Fsp3) is 0.545. The van der Waals surface area contributed by atoms with Crippen molar-refractivity contribution in [2.75, 3.05) is 19.5 Å². The number of hydrogen-bond donors (Lipinski definition) is 3. The van der Waals surface area contributed by atoms with E-state index in [9.17, 15) is 10.2 Å². The van der Waals surface area contributed by atoms with E-state index in [1.807, 2.05) is 4.57 Å². The highest BCUT2D eigenvalue weighted by molar-refractivity contribution is 8.00. The number of nitrogen functional groups attached to an aromatic ring is 1. The van der Waals surface area contributed by atoms with E-state index in [0.717, 1.165) is 0 Å². The van der Waals surface area contributed by atoms with Crippen LogP contribution in [0.3, 0.4) is 0 Å². The number of nitrogens with two attached hydrogens (primary N) is 1. The second-order valence-electron chi connectivity index (χ2n) is 4.53. The molecule has 1 aliphatic rings. The number of ether oxygens (including phenoxy) is 1. The highest BCUT2D eigenvalue weighted by Gasteiger charge is 2.35. The second kappa shape index (κ2) is 5.08. The molecule has 2 aromatic rings. The van der Waals surface area contributed by atoms with Gasteiger partial charge in [-0.3, -0.25) is 0 Å². The average Bonchev–Trinajstić information content (AvgIpc) is 3.00. The minimum atomic E-state index is -0.548. The number of fused-ring (bicyclic) bond motifs is 1. The molecule has 0 bridgehead atoms. The standard InChI is InChI=1S/C11H15N5O3S/c1-19-10-8-9(14-11(12)15-10)16(4-13-8)7-2-5(18)6(3-17)20-7/h4-7,17-18H,2-3H2,1H3,(H2,12,14,15)/t5-,6+,7-/m0/s1. The summed E-state index contributed by atoms with van der Waals surface area (Å²) < 4.78 is 6.98. The van der Waals surface area contributed by atoms with Crippen molar-refractivity contribution < 1.29 is 14.9 Å². The number of anilines is 1. The van der Waals surface area contributed by atoms with E-state index in [1.54, 1.807) is 6.33 Å². The zero-order chi connectivity index (χ0) is 14.3. The summed E-state index contributed by atoms with van der Waals surface area (Å²) in [5.74, 6) is 0.437. The van der Waals surface area contributed by atoms with Gasteiger partial charge in [-0.1, -0.05) is 0 Å². The van der Waals surface area contributed by atoms with Crippen molar-refractivity contribution in [3.8, 4) is 5.88 Å². The first-order valence-electron chi connectivity index (χ1n) is 6.12. The predicted octanol–water partition coefficient (Wildman–Crippen LogP) is -0.226. The summed E-state index contributed by atoms with van der Waals surface area (Å²) in [6.07, 6.45) is 1.60. The molecule has 0 spiro atoms. The smallest absolute Gasteiger partial charge is 0.246 e. The van der Waals surface area contributed by atoms with Crippen LogP contribution in [-0.2, 0) is 0 Å². The molecule has 0 aliphatic carbocycles. The Balaban J connectivity index is 2.03. The van der Waals surface area contributed by atoms with Crippen LogP contribution in [0, 0.1) is 0 Å². The minimum Gasteiger partial charge on any atom is -0.479 e. The topological polar surface area (TPSA) is 119 Å². The molecule has 0 aromatic carbocycles. The Morgan fingerprint density at radius 2 is 2.35 bits per heavy atom. The fourth-order valence-electron chi connectivity index (χ4n) is 2.31. The lowest BCUT2D eigenvalue weighted by Gasteiger charge is -2.12. The Morgan fingerprint density at radius 1 is 1.55 bits per heavy atom. The van der Waals surface area contributed by atoms with Gasteiger partial charge in [0.1, 0.15) is 0 Å². The lowest BCUT2D eigenvalue weighted by atomic mass is 10.2. The Bertz CT molecular complexity index is 634. The second-order valence-corrected chi connectivity index (χ2v) is 5.95. The highest BCUT2D eigenvalue weighted by atomic mass is 32.2. The van der Waals surface area contributed by atoms with Gasteiger partial charge in [-0.05, 0) is 0 Å². The van der Waals surface area contributed by atoms with Crippen molar-refractivity contribution in [3.63, 3.8) is 0 Å². The number of aromatic nitrogens is 4. The maximum Gasteiger partial charge on any atom is 0.246 e. The summed E-state index contributed by atoms with van der Waals surface area (Å²) in [4.78, 5) is 12.4. The van der Waals surface area contributed by atoms with Gasteiger partial charge in [-0.2, -0.15) is 9.97 Å². The normalized spacial score (nSPS) is 26.2. The molecule has 0 saturated carbocycles. The van der Waals surface area contributed by atoms with Gasteiger partial charge in [-0.15, -0.1) is 11.8 Å². The van der Waals surface area contributed by atoms with E-state index >= 15 is 0 Å².